The van der Waals surface area contributed by atoms with E-state index in [2.05, 4.69) is 30.3 Å². The van der Waals surface area contributed by atoms with Gasteiger partial charge in [0.05, 0.1) is 30.1 Å². The molecule has 5 rings (SSSR count). The van der Waals surface area contributed by atoms with E-state index in [9.17, 15) is 18.1 Å². The van der Waals surface area contributed by atoms with Gasteiger partial charge in [-0.25, -0.2) is 8.42 Å². The third-order valence-corrected chi connectivity index (χ3v) is 6.90. The third kappa shape index (κ3) is 5.41. The predicted molar refractivity (Wildman–Crippen MR) is 108 cm³/mol. The standard InChI is InChI=1S/C15H22NO.C7H8O3S/c17-15-7-4-10-16(11-8-15,12-9-15)13-14-5-2-1-3-6-14;1-6-2-4-7(5-3-6)11(8,9)10/h1-3,5-6,17H,4,7-13H2;2-5H,1H3,(H,8,9,10)/q+1;/p-1. The van der Waals surface area contributed by atoms with Crippen LogP contribution in [0.4, 0.5) is 0 Å². The smallest absolute Gasteiger partial charge is 0.124 e. The molecule has 2 bridgehead atoms. The molecule has 3 heterocycles. The minimum absolute atomic E-state index is 0.178. The molecule has 152 valence electrons. The normalized spacial score (nSPS) is 26.8. The summed E-state index contributed by atoms with van der Waals surface area (Å²) >= 11 is 0. The molecule has 1 N–H and O–H groups in total. The molecule has 0 aliphatic carbocycles. The van der Waals surface area contributed by atoms with Crippen molar-refractivity contribution in [1.82, 2.24) is 0 Å². The van der Waals surface area contributed by atoms with E-state index in [1.54, 1.807) is 12.1 Å². The Bertz CT molecular complexity index is 871. The van der Waals surface area contributed by atoms with Crippen molar-refractivity contribution in [3.8, 4) is 0 Å². The highest BCUT2D eigenvalue weighted by molar-refractivity contribution is 7.85. The summed E-state index contributed by atoms with van der Waals surface area (Å²) in [5, 5.41) is 10.4. The van der Waals surface area contributed by atoms with Crippen LogP contribution in [0.3, 0.4) is 0 Å². The summed E-state index contributed by atoms with van der Waals surface area (Å²) in [6.07, 6.45) is 4.20. The number of hydrogen-bond acceptors (Lipinski definition) is 4. The zero-order valence-corrected chi connectivity index (χ0v) is 17.2. The summed E-state index contributed by atoms with van der Waals surface area (Å²) in [4.78, 5) is -0.178. The molecule has 0 atom stereocenters. The average molecular weight is 404 g/mol. The summed E-state index contributed by atoms with van der Waals surface area (Å²) in [6.45, 7) is 6.53. The number of quaternary nitrogens is 1. The molecule has 3 fully saturated rings. The number of aliphatic hydroxyl groups is 1. The van der Waals surface area contributed by atoms with Crippen LogP contribution in [0, 0.1) is 6.92 Å². The van der Waals surface area contributed by atoms with Crippen molar-refractivity contribution in [2.75, 3.05) is 19.6 Å². The number of fused-ring (bicyclic) bond motifs is 4. The Balaban J connectivity index is 0.000000178. The first-order valence-corrected chi connectivity index (χ1v) is 11.2. The fourth-order valence-corrected chi connectivity index (χ4v) is 4.73. The number of piperidine rings is 1. The van der Waals surface area contributed by atoms with Gasteiger partial charge < -0.3 is 14.1 Å². The van der Waals surface area contributed by atoms with Crippen molar-refractivity contribution in [2.24, 2.45) is 0 Å². The maximum atomic E-state index is 10.4. The van der Waals surface area contributed by atoms with Crippen LogP contribution in [0.5, 0.6) is 0 Å². The van der Waals surface area contributed by atoms with Crippen LogP contribution >= 0.6 is 0 Å². The number of nitrogens with zero attached hydrogens (tertiary/aromatic N) is 1. The lowest BCUT2D eigenvalue weighted by Gasteiger charge is -2.43. The third-order valence-electron chi connectivity index (χ3n) is 6.05. The molecule has 0 aromatic heterocycles. The van der Waals surface area contributed by atoms with E-state index in [0.717, 1.165) is 44.5 Å². The van der Waals surface area contributed by atoms with Crippen LogP contribution < -0.4 is 0 Å². The van der Waals surface area contributed by atoms with E-state index >= 15 is 0 Å². The van der Waals surface area contributed by atoms with Crippen molar-refractivity contribution in [3.63, 3.8) is 0 Å². The lowest BCUT2D eigenvalue weighted by Crippen LogP contribution is -2.54. The predicted octanol–water partition coefficient (Wildman–Crippen LogP) is 3.22. The van der Waals surface area contributed by atoms with Crippen LogP contribution in [0.1, 0.15) is 36.8 Å². The molecule has 3 aliphatic rings. The Labute approximate surface area is 168 Å². The van der Waals surface area contributed by atoms with Crippen molar-refractivity contribution < 1.29 is 22.6 Å². The van der Waals surface area contributed by atoms with E-state index in [0.29, 0.717) is 0 Å². The molecule has 3 aliphatic heterocycles. The Morgan fingerprint density at radius 1 is 0.964 bits per heavy atom. The van der Waals surface area contributed by atoms with Crippen molar-refractivity contribution in [2.45, 2.75) is 49.6 Å². The molecule has 3 saturated heterocycles. The number of benzene rings is 2. The first kappa shape index (κ1) is 21.0. The fourth-order valence-electron chi connectivity index (χ4n) is 4.26. The second kappa shape index (κ2) is 8.33. The number of hydrogen-bond donors (Lipinski definition) is 1. The van der Waals surface area contributed by atoms with Gasteiger partial charge in [0.2, 0.25) is 0 Å². The van der Waals surface area contributed by atoms with Gasteiger partial charge in [0, 0.05) is 18.4 Å². The minimum atomic E-state index is -4.27. The largest absolute Gasteiger partial charge is 0.744 e. The van der Waals surface area contributed by atoms with Gasteiger partial charge >= 0.3 is 0 Å². The molecule has 5 nitrogen and oxygen atoms in total. The summed E-state index contributed by atoms with van der Waals surface area (Å²) < 4.78 is 32.4. The topological polar surface area (TPSA) is 77.4 Å². The molecule has 0 amide bonds. The molecule has 2 aromatic carbocycles. The minimum Gasteiger partial charge on any atom is -0.744 e. The van der Waals surface area contributed by atoms with E-state index in [1.807, 2.05) is 6.92 Å². The fraction of sp³-hybridized carbons (Fsp3) is 0.455. The van der Waals surface area contributed by atoms with Gasteiger partial charge in [0.25, 0.3) is 0 Å². The van der Waals surface area contributed by atoms with Crippen LogP contribution in [-0.2, 0) is 16.7 Å². The van der Waals surface area contributed by atoms with E-state index in [4.69, 9.17) is 0 Å². The van der Waals surface area contributed by atoms with E-state index < -0.39 is 10.1 Å². The van der Waals surface area contributed by atoms with Gasteiger partial charge in [0.15, 0.2) is 0 Å². The Morgan fingerprint density at radius 2 is 1.57 bits per heavy atom. The lowest BCUT2D eigenvalue weighted by atomic mass is 9.89. The summed E-state index contributed by atoms with van der Waals surface area (Å²) in [7, 11) is -4.27. The second-order valence-electron chi connectivity index (χ2n) is 8.25. The average Bonchev–Trinajstić information content (AvgIpc) is 2.91. The van der Waals surface area contributed by atoms with Crippen LogP contribution in [0.2, 0.25) is 0 Å². The van der Waals surface area contributed by atoms with Gasteiger partial charge in [-0.15, -0.1) is 0 Å². The SMILES string of the molecule is Cc1ccc(S(=O)(=O)[O-])cc1.OC12CCC[N+](Cc3ccccc3)(CC1)CC2. The van der Waals surface area contributed by atoms with Gasteiger partial charge in [0.1, 0.15) is 16.7 Å². The number of aryl methyl sites for hydroxylation is 1. The van der Waals surface area contributed by atoms with Gasteiger partial charge in [-0.1, -0.05) is 48.0 Å². The van der Waals surface area contributed by atoms with Gasteiger partial charge in [-0.3, -0.25) is 0 Å². The van der Waals surface area contributed by atoms with Crippen molar-refractivity contribution in [1.29, 1.82) is 0 Å². The Kier molecular flexibility index (Phi) is 6.25. The maximum Gasteiger partial charge on any atom is 0.124 e. The van der Waals surface area contributed by atoms with E-state index in [1.165, 1.54) is 35.1 Å². The van der Waals surface area contributed by atoms with E-state index in [-0.39, 0.29) is 10.5 Å². The van der Waals surface area contributed by atoms with Crippen LogP contribution in [0.25, 0.3) is 0 Å². The van der Waals surface area contributed by atoms with Crippen molar-refractivity contribution >= 4 is 10.1 Å². The first-order chi connectivity index (χ1) is 13.2. The quantitative estimate of drug-likeness (QED) is 0.631. The zero-order chi connectivity index (χ0) is 20.3. The zero-order valence-electron chi connectivity index (χ0n) is 16.4. The first-order valence-electron chi connectivity index (χ1n) is 9.84. The lowest BCUT2D eigenvalue weighted by molar-refractivity contribution is -0.944. The Morgan fingerprint density at radius 3 is 2.14 bits per heavy atom. The Hall–Kier alpha value is -1.73. The molecule has 28 heavy (non-hydrogen) atoms. The molecule has 0 saturated carbocycles. The maximum absolute atomic E-state index is 10.4. The molecule has 0 unspecified atom stereocenters. The highest BCUT2D eigenvalue weighted by atomic mass is 32.2. The second-order valence-corrected chi connectivity index (χ2v) is 9.63. The molecule has 6 heteroatoms. The monoisotopic (exact) mass is 403 g/mol. The molecular formula is C22H29NO4S. The highest BCUT2D eigenvalue weighted by Crippen LogP contribution is 2.36. The van der Waals surface area contributed by atoms with Crippen molar-refractivity contribution in [3.05, 3.63) is 65.7 Å². The molecular weight excluding hydrogens is 374 g/mol. The summed E-state index contributed by atoms with van der Waals surface area (Å²) in [5.41, 5.74) is 2.05. The molecule has 0 spiro atoms. The van der Waals surface area contributed by atoms with Gasteiger partial charge in [-0.2, -0.15) is 0 Å². The van der Waals surface area contributed by atoms with Crippen LogP contribution in [0.15, 0.2) is 59.5 Å². The number of rotatable bonds is 3. The van der Waals surface area contributed by atoms with Crippen LogP contribution in [-0.4, -0.2) is 47.8 Å². The summed E-state index contributed by atoms with van der Waals surface area (Å²) in [6, 6.07) is 16.6. The molecule has 0 radical (unpaired) electrons. The molecule has 2 aromatic rings. The highest BCUT2D eigenvalue weighted by Gasteiger charge is 2.44. The van der Waals surface area contributed by atoms with Gasteiger partial charge in [-0.05, 0) is 31.9 Å². The summed E-state index contributed by atoms with van der Waals surface area (Å²) in [5.74, 6) is 0.